The number of carbonyl (C=O) groups is 2. The van der Waals surface area contributed by atoms with E-state index in [2.05, 4.69) is 6.92 Å². The predicted octanol–water partition coefficient (Wildman–Crippen LogP) is 5.22. The first kappa shape index (κ1) is 21.1. The first-order valence-electron chi connectivity index (χ1n) is 10.4. The summed E-state index contributed by atoms with van der Waals surface area (Å²) in [6, 6.07) is 16.5. The molecule has 4 rings (SSSR count). The van der Waals surface area contributed by atoms with Gasteiger partial charge in [-0.2, -0.15) is 5.10 Å². The minimum Gasteiger partial charge on any atom is -0.481 e. The molecule has 1 aliphatic heterocycles. The summed E-state index contributed by atoms with van der Waals surface area (Å²) in [4.78, 5) is 26.1. The summed E-state index contributed by atoms with van der Waals surface area (Å²) < 4.78 is 1.87. The number of aliphatic carboxylic acids is 1. The molecule has 0 radical (unpaired) electrons. The van der Waals surface area contributed by atoms with Crippen LogP contribution in [0.1, 0.15) is 48.3 Å². The summed E-state index contributed by atoms with van der Waals surface area (Å²) in [5, 5.41) is 14.4. The molecule has 0 bridgehead atoms. The number of amides is 1. The molecule has 1 aromatic heterocycles. The smallest absolute Gasteiger partial charge is 0.307 e. The summed E-state index contributed by atoms with van der Waals surface area (Å²) in [7, 11) is 0. The molecule has 6 nitrogen and oxygen atoms in total. The monoisotopic (exact) mass is 437 g/mol. The fraction of sp³-hybridized carbons (Fsp3) is 0.292. The molecule has 2 heterocycles. The number of anilines is 1. The standard InChI is InChI=1S/C24H24ClN3O3/c1-2-3-4-20-15-27(19-11-5-16(6-12-19)13-23(29)30)24(31)22-14-21(26-28(20)22)17-7-9-18(25)10-8-17/h5-12,14,20H,2-4,13,15H2,1H3,(H,29,30). The third-order valence-electron chi connectivity index (χ3n) is 5.57. The van der Waals surface area contributed by atoms with Gasteiger partial charge >= 0.3 is 5.97 Å². The Balaban J connectivity index is 1.68. The Hall–Kier alpha value is -3.12. The van der Waals surface area contributed by atoms with Crippen LogP contribution < -0.4 is 4.90 Å². The van der Waals surface area contributed by atoms with E-state index in [1.165, 1.54) is 0 Å². The van der Waals surface area contributed by atoms with Gasteiger partial charge in [-0.3, -0.25) is 14.3 Å². The van der Waals surface area contributed by atoms with Gasteiger partial charge in [-0.1, -0.05) is 55.6 Å². The molecule has 0 saturated heterocycles. The predicted molar refractivity (Wildman–Crippen MR) is 121 cm³/mol. The van der Waals surface area contributed by atoms with E-state index < -0.39 is 5.97 Å². The van der Waals surface area contributed by atoms with Gasteiger partial charge < -0.3 is 10.0 Å². The zero-order chi connectivity index (χ0) is 22.0. The first-order chi connectivity index (χ1) is 15.0. The molecule has 0 aliphatic carbocycles. The lowest BCUT2D eigenvalue weighted by Crippen LogP contribution is -2.43. The highest BCUT2D eigenvalue weighted by Crippen LogP contribution is 2.32. The molecule has 1 atom stereocenters. The molecule has 1 N–H and O–H groups in total. The molecule has 160 valence electrons. The number of carboxylic acid groups (broad SMARTS) is 1. The van der Waals surface area contributed by atoms with Crippen LogP contribution in [0.4, 0.5) is 5.69 Å². The SMILES string of the molecule is CCCCC1CN(c2ccc(CC(=O)O)cc2)C(=O)c2cc(-c3ccc(Cl)cc3)nn21. The van der Waals surface area contributed by atoms with Gasteiger partial charge in [-0.15, -0.1) is 0 Å². The second-order valence-electron chi connectivity index (χ2n) is 7.82. The van der Waals surface area contributed by atoms with Gasteiger partial charge in [0.15, 0.2) is 0 Å². The van der Waals surface area contributed by atoms with E-state index in [1.807, 2.05) is 47.1 Å². The summed E-state index contributed by atoms with van der Waals surface area (Å²) in [5.74, 6) is -0.980. The molecule has 7 heteroatoms. The van der Waals surface area contributed by atoms with E-state index in [0.29, 0.717) is 22.8 Å². The summed E-state index contributed by atoms with van der Waals surface area (Å²) in [5.41, 5.74) is 3.70. The number of nitrogens with zero attached hydrogens (tertiary/aromatic N) is 3. The van der Waals surface area contributed by atoms with E-state index in [1.54, 1.807) is 17.0 Å². The minimum atomic E-state index is -0.875. The van der Waals surface area contributed by atoms with E-state index in [9.17, 15) is 9.59 Å². The van der Waals surface area contributed by atoms with Crippen molar-refractivity contribution in [3.63, 3.8) is 0 Å². The van der Waals surface area contributed by atoms with Crippen molar-refractivity contribution in [2.45, 2.75) is 38.6 Å². The molecule has 31 heavy (non-hydrogen) atoms. The van der Waals surface area contributed by atoms with Crippen molar-refractivity contribution >= 4 is 29.2 Å². The summed E-state index contributed by atoms with van der Waals surface area (Å²) in [6.07, 6.45) is 2.99. The number of carboxylic acids is 1. The second kappa shape index (κ2) is 8.94. The molecule has 0 saturated carbocycles. The number of aromatic nitrogens is 2. The molecule has 0 fully saturated rings. The number of hydrogen-bond acceptors (Lipinski definition) is 3. The van der Waals surface area contributed by atoms with E-state index in [4.69, 9.17) is 21.8 Å². The van der Waals surface area contributed by atoms with Crippen LogP contribution in [0.2, 0.25) is 5.02 Å². The van der Waals surface area contributed by atoms with Gasteiger partial charge in [0.05, 0.1) is 18.2 Å². The summed E-state index contributed by atoms with van der Waals surface area (Å²) >= 11 is 6.01. The van der Waals surface area contributed by atoms with Gasteiger partial charge in [0.25, 0.3) is 5.91 Å². The Morgan fingerprint density at radius 2 is 1.87 bits per heavy atom. The topological polar surface area (TPSA) is 75.4 Å². The van der Waals surface area contributed by atoms with Crippen LogP contribution in [0.3, 0.4) is 0 Å². The average molecular weight is 438 g/mol. The average Bonchev–Trinajstić information content (AvgIpc) is 3.20. The normalized spacial score (nSPS) is 15.7. The van der Waals surface area contributed by atoms with Gasteiger partial charge in [0.2, 0.25) is 0 Å². The van der Waals surface area contributed by atoms with Crippen molar-refractivity contribution in [2.75, 3.05) is 11.4 Å². The number of hydrogen-bond donors (Lipinski definition) is 1. The number of carbonyl (C=O) groups excluding carboxylic acids is 1. The Labute approximate surface area is 186 Å². The Bertz CT molecular complexity index is 1090. The fourth-order valence-corrected chi connectivity index (χ4v) is 4.07. The quantitative estimate of drug-likeness (QED) is 0.549. The van der Waals surface area contributed by atoms with Crippen LogP contribution in [-0.2, 0) is 11.2 Å². The molecule has 3 aromatic rings. The molecule has 2 aromatic carbocycles. The number of rotatable bonds is 7. The molecule has 1 unspecified atom stereocenters. The third-order valence-corrected chi connectivity index (χ3v) is 5.83. The second-order valence-corrected chi connectivity index (χ2v) is 8.25. The lowest BCUT2D eigenvalue weighted by molar-refractivity contribution is -0.136. The van der Waals surface area contributed by atoms with Crippen molar-refractivity contribution < 1.29 is 14.7 Å². The maximum Gasteiger partial charge on any atom is 0.307 e. The van der Waals surface area contributed by atoms with Gasteiger partial charge in [-0.25, -0.2) is 0 Å². The minimum absolute atomic E-state index is 0.0371. The van der Waals surface area contributed by atoms with Crippen molar-refractivity contribution in [1.29, 1.82) is 0 Å². The number of halogens is 1. The van der Waals surface area contributed by atoms with Crippen LogP contribution in [-0.4, -0.2) is 33.3 Å². The molecular formula is C24H24ClN3O3. The maximum atomic E-state index is 13.3. The van der Waals surface area contributed by atoms with Crippen molar-refractivity contribution in [1.82, 2.24) is 9.78 Å². The lowest BCUT2D eigenvalue weighted by atomic mass is 10.0. The van der Waals surface area contributed by atoms with E-state index in [0.717, 1.165) is 36.2 Å². The van der Waals surface area contributed by atoms with Crippen molar-refractivity contribution in [2.24, 2.45) is 0 Å². The number of benzene rings is 2. The molecule has 1 aliphatic rings. The summed E-state index contributed by atoms with van der Waals surface area (Å²) in [6.45, 7) is 2.68. The van der Waals surface area contributed by atoms with Crippen molar-refractivity contribution in [3.8, 4) is 11.3 Å². The van der Waals surface area contributed by atoms with E-state index in [-0.39, 0.29) is 18.4 Å². The molecular weight excluding hydrogens is 414 g/mol. The maximum absolute atomic E-state index is 13.3. The lowest BCUT2D eigenvalue weighted by Gasteiger charge is -2.33. The van der Waals surface area contributed by atoms with Crippen LogP contribution in [0.25, 0.3) is 11.3 Å². The zero-order valence-electron chi connectivity index (χ0n) is 17.3. The van der Waals surface area contributed by atoms with Gasteiger partial charge in [0.1, 0.15) is 5.69 Å². The van der Waals surface area contributed by atoms with E-state index >= 15 is 0 Å². The Morgan fingerprint density at radius 3 is 2.52 bits per heavy atom. The zero-order valence-corrected chi connectivity index (χ0v) is 18.0. The largest absolute Gasteiger partial charge is 0.481 e. The molecule has 0 spiro atoms. The van der Waals surface area contributed by atoms with Crippen molar-refractivity contribution in [3.05, 3.63) is 70.9 Å². The van der Waals surface area contributed by atoms with Crippen LogP contribution in [0, 0.1) is 0 Å². The van der Waals surface area contributed by atoms with Gasteiger partial charge in [-0.05, 0) is 42.3 Å². The fourth-order valence-electron chi connectivity index (χ4n) is 3.95. The highest BCUT2D eigenvalue weighted by atomic mass is 35.5. The van der Waals surface area contributed by atoms with Gasteiger partial charge in [0, 0.05) is 22.8 Å². The Morgan fingerprint density at radius 1 is 1.16 bits per heavy atom. The van der Waals surface area contributed by atoms with Crippen LogP contribution in [0.15, 0.2) is 54.6 Å². The first-order valence-corrected chi connectivity index (χ1v) is 10.8. The third kappa shape index (κ3) is 4.49. The van der Waals surface area contributed by atoms with Crippen LogP contribution >= 0.6 is 11.6 Å². The van der Waals surface area contributed by atoms with Crippen LogP contribution in [0.5, 0.6) is 0 Å². The number of unbranched alkanes of at least 4 members (excludes halogenated alkanes) is 1. The Kier molecular flexibility index (Phi) is 6.09. The highest BCUT2D eigenvalue weighted by molar-refractivity contribution is 6.30. The highest BCUT2D eigenvalue weighted by Gasteiger charge is 2.33. The number of fused-ring (bicyclic) bond motifs is 1. The molecule has 1 amide bonds.